The van der Waals surface area contributed by atoms with Crippen molar-refractivity contribution in [1.29, 1.82) is 0 Å². The van der Waals surface area contributed by atoms with Crippen LogP contribution in [-0.2, 0) is 0 Å². The monoisotopic (exact) mass is 230 g/mol. The lowest BCUT2D eigenvalue weighted by atomic mass is 9.92. The van der Waals surface area contributed by atoms with Crippen molar-refractivity contribution in [2.45, 2.75) is 50.6 Å². The van der Waals surface area contributed by atoms with Gasteiger partial charge in [-0.3, -0.25) is 0 Å². The van der Waals surface area contributed by atoms with Gasteiger partial charge in [0.15, 0.2) is 0 Å². The minimum Gasteiger partial charge on any atom is -0.328 e. The highest BCUT2D eigenvalue weighted by Gasteiger charge is 2.17. The molecule has 0 spiro atoms. The van der Waals surface area contributed by atoms with Gasteiger partial charge in [0.2, 0.25) is 0 Å². The van der Waals surface area contributed by atoms with Crippen LogP contribution in [-0.4, -0.2) is 18.6 Å². The highest BCUT2D eigenvalue weighted by molar-refractivity contribution is 5.31. The lowest BCUT2D eigenvalue weighted by molar-refractivity contribution is 0.344. The van der Waals surface area contributed by atoms with E-state index in [2.05, 4.69) is 29.3 Å². The maximum atomic E-state index is 5.90. The third-order valence-electron chi connectivity index (χ3n) is 3.57. The zero-order valence-corrected chi connectivity index (χ0v) is 10.4. The molecule has 0 amide bonds. The molecule has 0 bridgehead atoms. The topological polar surface area (TPSA) is 38.0 Å². The number of nitrogens with one attached hydrogen (secondary N) is 1. The van der Waals surface area contributed by atoms with Crippen LogP contribution in [0.5, 0.6) is 0 Å². The average Bonchev–Trinajstić information content (AvgIpc) is 2.60. The SMILES string of the molecule is NC1CCC(NCCC2=CCC#CC=C2)CC1. The van der Waals surface area contributed by atoms with Crippen molar-refractivity contribution in [3.05, 3.63) is 23.8 Å². The van der Waals surface area contributed by atoms with Gasteiger partial charge in [-0.1, -0.05) is 24.0 Å². The average molecular weight is 230 g/mol. The van der Waals surface area contributed by atoms with Gasteiger partial charge >= 0.3 is 0 Å². The van der Waals surface area contributed by atoms with Crippen molar-refractivity contribution < 1.29 is 0 Å². The largest absolute Gasteiger partial charge is 0.328 e. The maximum Gasteiger partial charge on any atom is 0.0278 e. The Bertz CT molecular complexity index is 349. The van der Waals surface area contributed by atoms with Gasteiger partial charge in [-0.15, -0.1) is 0 Å². The molecule has 3 N–H and O–H groups in total. The molecule has 0 radical (unpaired) electrons. The molecule has 1 fully saturated rings. The number of allylic oxidation sites excluding steroid dienone is 3. The van der Waals surface area contributed by atoms with Crippen LogP contribution in [0.3, 0.4) is 0 Å². The van der Waals surface area contributed by atoms with E-state index in [9.17, 15) is 0 Å². The Labute approximate surface area is 104 Å². The van der Waals surface area contributed by atoms with E-state index < -0.39 is 0 Å². The molecule has 0 aromatic carbocycles. The van der Waals surface area contributed by atoms with E-state index in [1.165, 1.54) is 31.3 Å². The second kappa shape index (κ2) is 6.64. The van der Waals surface area contributed by atoms with Crippen LogP contribution < -0.4 is 11.1 Å². The molecule has 1 saturated carbocycles. The number of hydrogen-bond donors (Lipinski definition) is 2. The van der Waals surface area contributed by atoms with Crippen molar-refractivity contribution in [3.8, 4) is 11.8 Å². The first-order valence-electron chi connectivity index (χ1n) is 6.67. The maximum absolute atomic E-state index is 5.90. The minimum absolute atomic E-state index is 0.442. The molecule has 2 heteroatoms. The molecule has 2 aliphatic carbocycles. The molecule has 0 aliphatic heterocycles. The van der Waals surface area contributed by atoms with Crippen molar-refractivity contribution in [3.63, 3.8) is 0 Å². The van der Waals surface area contributed by atoms with E-state index in [-0.39, 0.29) is 0 Å². The first-order chi connectivity index (χ1) is 8.34. The van der Waals surface area contributed by atoms with Gasteiger partial charge in [0.25, 0.3) is 0 Å². The molecule has 0 saturated heterocycles. The number of nitrogens with two attached hydrogens (primary N) is 1. The molecule has 0 heterocycles. The van der Waals surface area contributed by atoms with Crippen molar-refractivity contribution in [1.82, 2.24) is 5.32 Å². The van der Waals surface area contributed by atoms with Crippen LogP contribution in [0.2, 0.25) is 0 Å². The minimum atomic E-state index is 0.442. The van der Waals surface area contributed by atoms with Gasteiger partial charge < -0.3 is 11.1 Å². The van der Waals surface area contributed by atoms with E-state index in [1.54, 1.807) is 0 Å². The van der Waals surface area contributed by atoms with Crippen LogP contribution >= 0.6 is 0 Å². The lowest BCUT2D eigenvalue weighted by Gasteiger charge is -2.27. The molecular weight excluding hydrogens is 208 g/mol. The summed E-state index contributed by atoms with van der Waals surface area (Å²) >= 11 is 0. The van der Waals surface area contributed by atoms with Crippen molar-refractivity contribution in [2.75, 3.05) is 6.54 Å². The molecule has 0 atom stereocenters. The second-order valence-corrected chi connectivity index (χ2v) is 4.95. The van der Waals surface area contributed by atoms with Gasteiger partial charge in [-0.25, -0.2) is 0 Å². The summed E-state index contributed by atoms with van der Waals surface area (Å²) in [4.78, 5) is 0. The first-order valence-corrected chi connectivity index (χ1v) is 6.67. The van der Waals surface area contributed by atoms with Gasteiger partial charge in [0.1, 0.15) is 0 Å². The van der Waals surface area contributed by atoms with Gasteiger partial charge in [-0.2, -0.15) is 0 Å². The molecule has 2 rings (SSSR count). The Hall–Kier alpha value is -1.04. The van der Waals surface area contributed by atoms with Crippen LogP contribution in [0.25, 0.3) is 0 Å². The normalized spacial score (nSPS) is 27.9. The summed E-state index contributed by atoms with van der Waals surface area (Å²) in [5, 5.41) is 3.64. The van der Waals surface area contributed by atoms with E-state index in [1.807, 2.05) is 6.08 Å². The standard InChI is InChI=1S/C15H22N2/c16-14-7-9-15(10-8-14)17-12-11-13-5-3-1-2-4-6-13/h3,5-6,14-15,17H,4,7-12,16H2. The summed E-state index contributed by atoms with van der Waals surface area (Å²) in [6.07, 6.45) is 13.1. The highest BCUT2D eigenvalue weighted by atomic mass is 14.9. The molecule has 2 aliphatic rings. The molecule has 0 unspecified atom stereocenters. The molecular formula is C15H22N2. The molecule has 17 heavy (non-hydrogen) atoms. The number of rotatable bonds is 4. The summed E-state index contributed by atoms with van der Waals surface area (Å²) < 4.78 is 0. The predicted molar refractivity (Wildman–Crippen MR) is 72.5 cm³/mol. The van der Waals surface area contributed by atoms with Crippen LogP contribution in [0, 0.1) is 11.8 Å². The van der Waals surface area contributed by atoms with E-state index >= 15 is 0 Å². The molecule has 92 valence electrons. The lowest BCUT2D eigenvalue weighted by Crippen LogP contribution is -2.37. The zero-order valence-electron chi connectivity index (χ0n) is 10.4. The second-order valence-electron chi connectivity index (χ2n) is 4.95. The molecule has 0 aromatic rings. The van der Waals surface area contributed by atoms with Crippen molar-refractivity contribution in [2.24, 2.45) is 5.73 Å². The van der Waals surface area contributed by atoms with E-state index in [4.69, 9.17) is 5.73 Å². The summed E-state index contributed by atoms with van der Waals surface area (Å²) in [7, 11) is 0. The Morgan fingerprint density at radius 2 is 2.12 bits per heavy atom. The molecule has 2 nitrogen and oxygen atoms in total. The fraction of sp³-hybridized carbons (Fsp3) is 0.600. The summed E-state index contributed by atoms with van der Waals surface area (Å²) in [5.41, 5.74) is 7.29. The fourth-order valence-electron chi connectivity index (χ4n) is 2.45. The summed E-state index contributed by atoms with van der Waals surface area (Å²) in [6, 6.07) is 1.12. The van der Waals surface area contributed by atoms with Crippen LogP contribution in [0.4, 0.5) is 0 Å². The fourth-order valence-corrected chi connectivity index (χ4v) is 2.45. The first kappa shape index (κ1) is 12.4. The van der Waals surface area contributed by atoms with Crippen LogP contribution in [0.1, 0.15) is 38.5 Å². The van der Waals surface area contributed by atoms with E-state index in [0.717, 1.165) is 19.4 Å². The molecule has 0 aromatic heterocycles. The van der Waals surface area contributed by atoms with Crippen LogP contribution in [0.15, 0.2) is 23.8 Å². The Morgan fingerprint density at radius 1 is 1.29 bits per heavy atom. The number of hydrogen-bond acceptors (Lipinski definition) is 2. The van der Waals surface area contributed by atoms with Gasteiger partial charge in [0, 0.05) is 18.5 Å². The van der Waals surface area contributed by atoms with Gasteiger partial charge in [0.05, 0.1) is 0 Å². The quantitative estimate of drug-likeness (QED) is 0.726. The zero-order chi connectivity index (χ0) is 11.9. The smallest absolute Gasteiger partial charge is 0.0278 e. The Kier molecular flexibility index (Phi) is 4.85. The summed E-state index contributed by atoms with van der Waals surface area (Å²) in [6.45, 7) is 1.07. The Morgan fingerprint density at radius 3 is 2.94 bits per heavy atom. The van der Waals surface area contributed by atoms with Gasteiger partial charge in [-0.05, 0) is 50.3 Å². The predicted octanol–water partition coefficient (Wildman–Crippen LogP) is 2.13. The third-order valence-corrected chi connectivity index (χ3v) is 3.57. The van der Waals surface area contributed by atoms with E-state index in [0.29, 0.717) is 12.1 Å². The summed E-state index contributed by atoms with van der Waals surface area (Å²) in [5.74, 6) is 6.08. The Balaban J connectivity index is 1.64. The highest BCUT2D eigenvalue weighted by Crippen LogP contribution is 2.17. The van der Waals surface area contributed by atoms with Crippen molar-refractivity contribution >= 4 is 0 Å². The third kappa shape index (κ3) is 4.38.